The Morgan fingerprint density at radius 1 is 1.17 bits per heavy atom. The molecule has 0 aliphatic carbocycles. The lowest BCUT2D eigenvalue weighted by Gasteiger charge is -2.14. The van der Waals surface area contributed by atoms with Crippen LogP contribution in [0.2, 0.25) is 0 Å². The van der Waals surface area contributed by atoms with E-state index in [1.54, 1.807) is 30.3 Å². The molecule has 5 rings (SSSR count). The van der Waals surface area contributed by atoms with E-state index in [-0.39, 0.29) is 23.7 Å². The van der Waals surface area contributed by atoms with Gasteiger partial charge < -0.3 is 13.7 Å². The van der Waals surface area contributed by atoms with Crippen LogP contribution in [0.25, 0.3) is 33.0 Å². The molecule has 2 aromatic carbocycles. The lowest BCUT2D eigenvalue weighted by Crippen LogP contribution is -2.31. The van der Waals surface area contributed by atoms with Gasteiger partial charge in [0.2, 0.25) is 15.9 Å². The van der Waals surface area contributed by atoms with Crippen molar-refractivity contribution in [2.75, 3.05) is 13.4 Å². The first-order valence-electron chi connectivity index (χ1n) is 10.7. The number of aromatic nitrogens is 2. The zero-order chi connectivity index (χ0) is 25.6. The van der Waals surface area contributed by atoms with Gasteiger partial charge in [-0.15, -0.1) is 0 Å². The van der Waals surface area contributed by atoms with Crippen LogP contribution in [0.4, 0.5) is 8.78 Å². The Morgan fingerprint density at radius 3 is 2.69 bits per heavy atom. The number of benzene rings is 2. The summed E-state index contributed by atoms with van der Waals surface area (Å²) in [6.45, 7) is -0.193. The smallest absolute Gasteiger partial charge is 0.282 e. The van der Waals surface area contributed by atoms with E-state index in [1.807, 2.05) is 4.72 Å². The van der Waals surface area contributed by atoms with E-state index < -0.39 is 27.6 Å². The van der Waals surface area contributed by atoms with E-state index in [0.717, 1.165) is 18.4 Å². The van der Waals surface area contributed by atoms with Crippen LogP contribution in [-0.2, 0) is 16.6 Å². The molecule has 0 atom stereocenters. The third-order valence-electron chi connectivity index (χ3n) is 5.73. The Balaban J connectivity index is 1.92. The van der Waals surface area contributed by atoms with Gasteiger partial charge >= 0.3 is 0 Å². The van der Waals surface area contributed by atoms with Gasteiger partial charge in [0, 0.05) is 39.7 Å². The number of fused-ring (bicyclic) bond motifs is 3. The normalized spacial score (nSPS) is 11.8. The molecular formula is C25H19F2N3O5S. The monoisotopic (exact) mass is 511 g/mol. The largest absolute Gasteiger partial charge is 0.481 e. The van der Waals surface area contributed by atoms with Gasteiger partial charge in [-0.25, -0.2) is 26.9 Å². The zero-order valence-corrected chi connectivity index (χ0v) is 19.9. The summed E-state index contributed by atoms with van der Waals surface area (Å²) in [5.74, 6) is -2.30. The number of amides is 1. The van der Waals surface area contributed by atoms with Crippen LogP contribution in [0.3, 0.4) is 0 Å². The van der Waals surface area contributed by atoms with Crippen molar-refractivity contribution in [3.8, 4) is 17.0 Å². The molecule has 36 heavy (non-hydrogen) atoms. The molecule has 0 saturated heterocycles. The second-order valence-corrected chi connectivity index (χ2v) is 9.85. The van der Waals surface area contributed by atoms with Crippen LogP contribution < -0.4 is 9.46 Å². The first-order valence-corrected chi connectivity index (χ1v) is 12.5. The minimum atomic E-state index is -3.96. The van der Waals surface area contributed by atoms with E-state index >= 15 is 0 Å². The minimum absolute atomic E-state index is 0.0702. The third-order valence-corrected chi connectivity index (χ3v) is 6.29. The second-order valence-electron chi connectivity index (χ2n) is 8.10. The van der Waals surface area contributed by atoms with Gasteiger partial charge in [0.1, 0.15) is 22.9 Å². The highest BCUT2D eigenvalue weighted by Gasteiger charge is 2.29. The molecule has 3 heterocycles. The van der Waals surface area contributed by atoms with Crippen LogP contribution in [-0.4, -0.2) is 37.2 Å². The SMILES string of the molecule is COc1ncccc1-c1c(C(=O)NS(C)(=O)=O)n(Cc2ccc(F)cc2F)c2ccc3occc3c12. The molecular weight excluding hydrogens is 492 g/mol. The van der Waals surface area contributed by atoms with E-state index in [0.29, 0.717) is 33.0 Å². The lowest BCUT2D eigenvalue weighted by molar-refractivity contribution is 0.0974. The number of halogens is 2. The maximum absolute atomic E-state index is 14.7. The molecule has 0 fully saturated rings. The fourth-order valence-electron chi connectivity index (χ4n) is 4.34. The highest BCUT2D eigenvalue weighted by molar-refractivity contribution is 7.89. The van der Waals surface area contributed by atoms with Gasteiger partial charge in [0.05, 0.1) is 31.7 Å². The molecule has 5 aromatic rings. The third kappa shape index (κ3) is 4.07. The number of furan rings is 1. The maximum Gasteiger partial charge on any atom is 0.282 e. The summed E-state index contributed by atoms with van der Waals surface area (Å²) < 4.78 is 66.8. The summed E-state index contributed by atoms with van der Waals surface area (Å²) in [4.78, 5) is 17.7. The van der Waals surface area contributed by atoms with Crippen molar-refractivity contribution in [2.45, 2.75) is 6.54 Å². The van der Waals surface area contributed by atoms with Crippen molar-refractivity contribution in [2.24, 2.45) is 0 Å². The number of nitrogens with zero attached hydrogens (tertiary/aromatic N) is 2. The van der Waals surface area contributed by atoms with Crippen molar-refractivity contribution >= 4 is 37.8 Å². The molecule has 0 aliphatic rings. The van der Waals surface area contributed by atoms with Crippen molar-refractivity contribution in [3.63, 3.8) is 0 Å². The number of carbonyl (C=O) groups is 1. The predicted molar refractivity (Wildman–Crippen MR) is 129 cm³/mol. The van der Waals surface area contributed by atoms with Gasteiger partial charge in [-0.1, -0.05) is 6.07 Å². The molecule has 1 amide bonds. The summed E-state index contributed by atoms with van der Waals surface area (Å²) in [7, 11) is -2.54. The summed E-state index contributed by atoms with van der Waals surface area (Å²) in [6.07, 6.45) is 3.86. The van der Waals surface area contributed by atoms with Gasteiger partial charge in [-0.2, -0.15) is 0 Å². The average Bonchev–Trinajstić information content (AvgIpc) is 3.42. The zero-order valence-electron chi connectivity index (χ0n) is 19.1. The van der Waals surface area contributed by atoms with Crippen LogP contribution in [0.1, 0.15) is 16.1 Å². The van der Waals surface area contributed by atoms with Crippen LogP contribution in [0.15, 0.2) is 65.4 Å². The molecule has 11 heteroatoms. The van der Waals surface area contributed by atoms with E-state index in [1.165, 1.54) is 30.2 Å². The Hall–Kier alpha value is -4.25. The Bertz CT molecular complexity index is 1760. The molecule has 0 aliphatic heterocycles. The second kappa shape index (κ2) is 8.76. The topological polar surface area (TPSA) is 103 Å². The summed E-state index contributed by atoms with van der Waals surface area (Å²) in [5.41, 5.74) is 1.78. The molecule has 0 unspecified atom stereocenters. The Morgan fingerprint density at radius 2 is 1.97 bits per heavy atom. The number of pyridine rings is 1. The highest BCUT2D eigenvalue weighted by atomic mass is 32.2. The standard InChI is InChI=1S/C25H19F2N3O5S/c1-34-25-17(4-3-10-28-25)22-21-16-9-11-35-20(16)8-7-19(21)30(23(22)24(31)29-36(2,32)33)13-14-5-6-15(26)12-18(14)27/h3-12H,13H2,1-2H3,(H,29,31). The number of hydrogen-bond acceptors (Lipinski definition) is 6. The fraction of sp³-hybridized carbons (Fsp3) is 0.120. The molecule has 0 radical (unpaired) electrons. The number of sulfonamides is 1. The Kier molecular flexibility index (Phi) is 5.71. The molecule has 0 spiro atoms. The molecule has 0 bridgehead atoms. The van der Waals surface area contributed by atoms with Gasteiger partial charge in [0.25, 0.3) is 5.91 Å². The number of methoxy groups -OCH3 is 1. The van der Waals surface area contributed by atoms with Crippen LogP contribution in [0.5, 0.6) is 5.88 Å². The van der Waals surface area contributed by atoms with Gasteiger partial charge in [-0.05, 0) is 36.4 Å². The van der Waals surface area contributed by atoms with Crippen molar-refractivity contribution < 1.29 is 31.1 Å². The maximum atomic E-state index is 14.7. The van der Waals surface area contributed by atoms with E-state index in [4.69, 9.17) is 9.15 Å². The van der Waals surface area contributed by atoms with Crippen molar-refractivity contribution in [3.05, 3.63) is 83.9 Å². The summed E-state index contributed by atoms with van der Waals surface area (Å²) in [5, 5.41) is 1.19. The van der Waals surface area contributed by atoms with E-state index in [2.05, 4.69) is 4.98 Å². The minimum Gasteiger partial charge on any atom is -0.481 e. The number of carbonyl (C=O) groups excluding carboxylic acids is 1. The van der Waals surface area contributed by atoms with Gasteiger partial charge in [0.15, 0.2) is 0 Å². The molecule has 0 saturated carbocycles. The highest BCUT2D eigenvalue weighted by Crippen LogP contribution is 2.42. The first kappa shape index (κ1) is 23.5. The summed E-state index contributed by atoms with van der Waals surface area (Å²) >= 11 is 0. The van der Waals surface area contributed by atoms with Crippen molar-refractivity contribution in [1.29, 1.82) is 0 Å². The summed E-state index contributed by atoms with van der Waals surface area (Å²) in [6, 6.07) is 11.6. The lowest BCUT2D eigenvalue weighted by atomic mass is 10.00. The molecule has 1 N–H and O–H groups in total. The average molecular weight is 512 g/mol. The molecule has 3 aromatic heterocycles. The molecule has 184 valence electrons. The van der Waals surface area contributed by atoms with Gasteiger partial charge in [-0.3, -0.25) is 4.79 Å². The quantitative estimate of drug-likeness (QED) is 0.361. The fourth-order valence-corrected chi connectivity index (χ4v) is 4.77. The van der Waals surface area contributed by atoms with Crippen LogP contribution in [0, 0.1) is 11.6 Å². The number of ether oxygens (including phenoxy) is 1. The first-order chi connectivity index (χ1) is 17.2. The Labute approximate surface area is 204 Å². The number of hydrogen-bond donors (Lipinski definition) is 1. The van der Waals surface area contributed by atoms with Crippen LogP contribution >= 0.6 is 0 Å². The van der Waals surface area contributed by atoms with Crippen molar-refractivity contribution in [1.82, 2.24) is 14.3 Å². The molecule has 8 nitrogen and oxygen atoms in total. The predicted octanol–water partition coefficient (Wildman–Crippen LogP) is 4.47. The van der Waals surface area contributed by atoms with E-state index in [9.17, 15) is 22.0 Å². The number of nitrogens with one attached hydrogen (secondary N) is 1. The number of rotatable bonds is 6.